The molecule has 0 amide bonds. The van der Waals surface area contributed by atoms with Crippen LogP contribution in [0.3, 0.4) is 0 Å². The first kappa shape index (κ1) is 15.0. The first-order chi connectivity index (χ1) is 9.05. The van der Waals surface area contributed by atoms with Gasteiger partial charge in [-0.1, -0.05) is 22.9 Å². The topological polar surface area (TPSA) is 49.4 Å². The molecule has 1 aliphatic rings. The molecule has 1 atom stereocenters. The number of sulfonamides is 1. The highest BCUT2D eigenvalue weighted by Crippen LogP contribution is 2.23. The van der Waals surface area contributed by atoms with Crippen LogP contribution in [0.25, 0.3) is 0 Å². The normalized spacial score (nSPS) is 20.1. The summed E-state index contributed by atoms with van der Waals surface area (Å²) >= 11 is 3.33. The number of benzene rings is 1. The molecule has 6 heteroatoms. The lowest BCUT2D eigenvalue weighted by Crippen LogP contribution is -2.41. The van der Waals surface area contributed by atoms with Crippen molar-refractivity contribution in [3.63, 3.8) is 0 Å². The predicted molar refractivity (Wildman–Crippen MR) is 79.6 cm³/mol. The minimum absolute atomic E-state index is 0.0774. The van der Waals surface area contributed by atoms with Crippen LogP contribution in [0.2, 0.25) is 0 Å². The van der Waals surface area contributed by atoms with Crippen molar-refractivity contribution < 1.29 is 8.42 Å². The fourth-order valence-corrected chi connectivity index (χ4v) is 4.36. The molecule has 1 saturated heterocycles. The van der Waals surface area contributed by atoms with E-state index in [0.717, 1.165) is 30.4 Å². The Hall–Kier alpha value is -0.430. The molecule has 4 nitrogen and oxygen atoms in total. The molecule has 1 aromatic carbocycles. The van der Waals surface area contributed by atoms with Crippen LogP contribution in [0.5, 0.6) is 0 Å². The highest BCUT2D eigenvalue weighted by Gasteiger charge is 2.32. The van der Waals surface area contributed by atoms with E-state index < -0.39 is 10.0 Å². The molecule has 0 aliphatic carbocycles. The third kappa shape index (κ3) is 3.37. The van der Waals surface area contributed by atoms with E-state index in [-0.39, 0.29) is 6.04 Å². The molecular formula is C13H19BrN2O2S. The monoisotopic (exact) mass is 346 g/mol. The summed E-state index contributed by atoms with van der Waals surface area (Å²) in [6, 6.07) is 6.93. The van der Waals surface area contributed by atoms with Crippen molar-refractivity contribution in [1.82, 2.24) is 9.62 Å². The Morgan fingerprint density at radius 2 is 2.05 bits per heavy atom. The van der Waals surface area contributed by atoms with E-state index >= 15 is 0 Å². The van der Waals surface area contributed by atoms with Crippen LogP contribution >= 0.6 is 15.9 Å². The van der Waals surface area contributed by atoms with E-state index in [1.165, 1.54) is 0 Å². The van der Waals surface area contributed by atoms with Crippen molar-refractivity contribution >= 4 is 26.0 Å². The van der Waals surface area contributed by atoms with Gasteiger partial charge in [-0.25, -0.2) is 8.42 Å². The van der Waals surface area contributed by atoms with Gasteiger partial charge in [0.15, 0.2) is 0 Å². The third-order valence-corrected chi connectivity index (χ3v) is 5.80. The van der Waals surface area contributed by atoms with E-state index in [2.05, 4.69) is 21.2 Å². The lowest BCUT2D eigenvalue weighted by molar-refractivity contribution is 0.335. The first-order valence-electron chi connectivity index (χ1n) is 6.54. The quantitative estimate of drug-likeness (QED) is 0.889. The summed E-state index contributed by atoms with van der Waals surface area (Å²) in [5.74, 6) is 0. The van der Waals surface area contributed by atoms with Crippen molar-refractivity contribution in [1.29, 1.82) is 0 Å². The lowest BCUT2D eigenvalue weighted by atomic mass is 10.2. The van der Waals surface area contributed by atoms with Gasteiger partial charge in [0.25, 0.3) is 0 Å². The average molecular weight is 347 g/mol. The molecule has 1 heterocycles. The number of rotatable bonds is 5. The second-order valence-electron chi connectivity index (χ2n) is 4.72. The predicted octanol–water partition coefficient (Wildman–Crippen LogP) is 2.21. The summed E-state index contributed by atoms with van der Waals surface area (Å²) in [5.41, 5.74) is 0. The molecule has 0 radical (unpaired) electrons. The fourth-order valence-electron chi connectivity index (χ4n) is 2.35. The standard InChI is InChI=1S/C13H19BrN2O2S/c1-2-9-16(12-7-8-15-10-12)19(17,18)13-5-3-11(14)4-6-13/h3-6,12,15H,2,7-10H2,1H3. The van der Waals surface area contributed by atoms with Gasteiger partial charge in [-0.15, -0.1) is 0 Å². The van der Waals surface area contributed by atoms with Gasteiger partial charge in [0.1, 0.15) is 0 Å². The minimum Gasteiger partial charge on any atom is -0.315 e. The summed E-state index contributed by atoms with van der Waals surface area (Å²) in [7, 11) is -3.39. The first-order valence-corrected chi connectivity index (χ1v) is 8.77. The van der Waals surface area contributed by atoms with E-state index in [9.17, 15) is 8.42 Å². The molecule has 106 valence electrons. The third-order valence-electron chi connectivity index (χ3n) is 3.31. The highest BCUT2D eigenvalue weighted by molar-refractivity contribution is 9.10. The van der Waals surface area contributed by atoms with Crippen LogP contribution in [-0.2, 0) is 10.0 Å². The van der Waals surface area contributed by atoms with Gasteiger partial charge in [-0.05, 0) is 43.7 Å². The van der Waals surface area contributed by atoms with Crippen molar-refractivity contribution in [2.45, 2.75) is 30.7 Å². The molecule has 1 N–H and O–H groups in total. The van der Waals surface area contributed by atoms with Gasteiger partial charge >= 0.3 is 0 Å². The molecule has 1 fully saturated rings. The molecule has 1 unspecified atom stereocenters. The zero-order valence-electron chi connectivity index (χ0n) is 11.0. The highest BCUT2D eigenvalue weighted by atomic mass is 79.9. The molecule has 1 aromatic rings. The van der Waals surface area contributed by atoms with Crippen LogP contribution in [0.15, 0.2) is 33.6 Å². The zero-order valence-corrected chi connectivity index (χ0v) is 13.4. The number of nitrogens with one attached hydrogen (secondary N) is 1. The van der Waals surface area contributed by atoms with Crippen LogP contribution in [0.4, 0.5) is 0 Å². The molecular weight excluding hydrogens is 328 g/mol. The van der Waals surface area contributed by atoms with Gasteiger partial charge in [0.05, 0.1) is 4.90 Å². The maximum absolute atomic E-state index is 12.7. The molecule has 0 spiro atoms. The zero-order chi connectivity index (χ0) is 13.9. The van der Waals surface area contributed by atoms with Gasteiger partial charge in [0.2, 0.25) is 10.0 Å². The van der Waals surface area contributed by atoms with Crippen LogP contribution in [0.1, 0.15) is 19.8 Å². The summed E-state index contributed by atoms with van der Waals surface area (Å²) in [6.07, 6.45) is 1.71. The summed E-state index contributed by atoms with van der Waals surface area (Å²) in [4.78, 5) is 0.371. The molecule has 1 aliphatic heterocycles. The number of nitrogens with zero attached hydrogens (tertiary/aromatic N) is 1. The lowest BCUT2D eigenvalue weighted by Gasteiger charge is -2.27. The van der Waals surface area contributed by atoms with Crippen LogP contribution < -0.4 is 5.32 Å². The Kier molecular flexibility index (Phi) is 5.00. The molecule has 0 aromatic heterocycles. The molecule has 19 heavy (non-hydrogen) atoms. The Morgan fingerprint density at radius 3 is 2.58 bits per heavy atom. The Morgan fingerprint density at radius 1 is 1.37 bits per heavy atom. The Labute approximate surface area is 123 Å². The molecule has 2 rings (SSSR count). The second kappa shape index (κ2) is 6.35. The summed E-state index contributed by atoms with van der Waals surface area (Å²) in [6.45, 7) is 4.22. The van der Waals surface area contributed by atoms with Crippen molar-refractivity contribution in [2.75, 3.05) is 19.6 Å². The van der Waals surface area contributed by atoms with Crippen molar-refractivity contribution in [3.8, 4) is 0 Å². The Bertz CT molecular complexity index is 510. The summed E-state index contributed by atoms with van der Waals surface area (Å²) in [5, 5.41) is 3.23. The minimum atomic E-state index is -3.39. The summed E-state index contributed by atoms with van der Waals surface area (Å²) < 4.78 is 27.9. The smallest absolute Gasteiger partial charge is 0.243 e. The van der Waals surface area contributed by atoms with Crippen molar-refractivity contribution in [3.05, 3.63) is 28.7 Å². The largest absolute Gasteiger partial charge is 0.315 e. The maximum Gasteiger partial charge on any atom is 0.243 e. The van der Waals surface area contributed by atoms with Crippen LogP contribution in [-0.4, -0.2) is 38.4 Å². The molecule has 0 bridgehead atoms. The van der Waals surface area contributed by atoms with E-state index in [0.29, 0.717) is 11.4 Å². The van der Waals surface area contributed by atoms with E-state index in [1.54, 1.807) is 28.6 Å². The van der Waals surface area contributed by atoms with Gasteiger partial charge in [-0.2, -0.15) is 4.31 Å². The van der Waals surface area contributed by atoms with Crippen molar-refractivity contribution in [2.24, 2.45) is 0 Å². The number of hydrogen-bond donors (Lipinski definition) is 1. The SMILES string of the molecule is CCCN(C1CCNC1)S(=O)(=O)c1ccc(Br)cc1. The van der Waals surface area contributed by atoms with Gasteiger partial charge in [0, 0.05) is 23.6 Å². The van der Waals surface area contributed by atoms with Gasteiger partial charge in [-0.3, -0.25) is 0 Å². The van der Waals surface area contributed by atoms with Crippen LogP contribution in [0, 0.1) is 0 Å². The van der Waals surface area contributed by atoms with E-state index in [1.807, 2.05) is 6.92 Å². The van der Waals surface area contributed by atoms with Gasteiger partial charge < -0.3 is 5.32 Å². The Balaban J connectivity index is 2.30. The maximum atomic E-state index is 12.7. The second-order valence-corrected chi connectivity index (χ2v) is 7.52. The number of halogens is 1. The number of hydrogen-bond acceptors (Lipinski definition) is 3. The average Bonchev–Trinajstić information content (AvgIpc) is 2.89. The molecule has 0 saturated carbocycles. The van der Waals surface area contributed by atoms with E-state index in [4.69, 9.17) is 0 Å². The fraction of sp³-hybridized carbons (Fsp3) is 0.538.